The summed E-state index contributed by atoms with van der Waals surface area (Å²) in [4.78, 5) is 20.7. The van der Waals surface area contributed by atoms with Gasteiger partial charge in [0, 0.05) is 18.2 Å². The van der Waals surface area contributed by atoms with E-state index < -0.39 is 59.0 Å². The van der Waals surface area contributed by atoms with Gasteiger partial charge in [-0.3, -0.25) is 9.78 Å². The minimum absolute atomic E-state index is 0.0872. The Labute approximate surface area is 186 Å². The molecule has 4 rings (SSSR count). The molecule has 1 aliphatic rings. The number of halogens is 3. The van der Waals surface area contributed by atoms with Gasteiger partial charge in [-0.15, -0.1) is 0 Å². The Morgan fingerprint density at radius 1 is 1.09 bits per heavy atom. The Morgan fingerprint density at radius 2 is 1.82 bits per heavy atom. The third-order valence-corrected chi connectivity index (χ3v) is 5.44. The van der Waals surface area contributed by atoms with E-state index in [4.69, 9.17) is 4.74 Å². The van der Waals surface area contributed by atoms with Gasteiger partial charge in [-0.1, -0.05) is 6.07 Å². The predicted octanol–water partition coefficient (Wildman–Crippen LogP) is 3.38. The summed E-state index contributed by atoms with van der Waals surface area (Å²) in [7, 11) is 0. The van der Waals surface area contributed by atoms with Crippen molar-refractivity contribution in [1.29, 1.82) is 0 Å². The molecule has 0 bridgehead atoms. The molecule has 0 unspecified atom stereocenters. The Morgan fingerprint density at radius 3 is 2.52 bits per heavy atom. The van der Waals surface area contributed by atoms with Gasteiger partial charge < -0.3 is 20.3 Å². The second kappa shape index (κ2) is 9.26. The molecule has 1 aromatic carbocycles. The molecule has 4 atom stereocenters. The van der Waals surface area contributed by atoms with Crippen LogP contribution < -0.4 is 5.32 Å². The van der Waals surface area contributed by atoms with Crippen LogP contribution in [-0.4, -0.2) is 44.4 Å². The third-order valence-electron chi connectivity index (χ3n) is 5.44. The zero-order chi connectivity index (χ0) is 23.7. The Hall–Kier alpha value is -3.34. The van der Waals surface area contributed by atoms with Gasteiger partial charge in [-0.25, -0.2) is 18.2 Å². The van der Waals surface area contributed by atoms with E-state index in [2.05, 4.69) is 15.3 Å². The smallest absolute Gasteiger partial charge is 0.274 e. The largest absolute Gasteiger partial charge is 0.390 e. The summed E-state index contributed by atoms with van der Waals surface area (Å²) in [5.74, 6) is -3.79. The van der Waals surface area contributed by atoms with Crippen molar-refractivity contribution < 1.29 is 32.9 Å². The number of carbonyl (C=O) groups is 1. The first-order valence-corrected chi connectivity index (χ1v) is 10.1. The van der Waals surface area contributed by atoms with E-state index >= 15 is 0 Å². The van der Waals surface area contributed by atoms with E-state index in [-0.39, 0.29) is 17.8 Å². The summed E-state index contributed by atoms with van der Waals surface area (Å²) in [5.41, 5.74) is -0.848. The van der Waals surface area contributed by atoms with Crippen molar-refractivity contribution >= 4 is 11.6 Å². The lowest BCUT2D eigenvalue weighted by Crippen LogP contribution is -2.44. The molecule has 3 heterocycles. The lowest BCUT2D eigenvalue weighted by molar-refractivity contribution is -0.163. The first kappa shape index (κ1) is 22.8. The minimum Gasteiger partial charge on any atom is -0.390 e. The molecule has 33 heavy (non-hydrogen) atoms. The van der Waals surface area contributed by atoms with Crippen LogP contribution in [0.1, 0.15) is 35.5 Å². The van der Waals surface area contributed by atoms with Crippen molar-refractivity contribution in [2.75, 3.05) is 5.32 Å². The van der Waals surface area contributed by atoms with Gasteiger partial charge in [0.05, 0.1) is 35.8 Å². The van der Waals surface area contributed by atoms with Gasteiger partial charge in [0.2, 0.25) is 0 Å². The number of aliphatic hydroxyl groups is 2. The minimum atomic E-state index is -1.04. The number of amides is 1. The molecule has 1 amide bonds. The van der Waals surface area contributed by atoms with Crippen LogP contribution in [0.5, 0.6) is 0 Å². The first-order valence-electron chi connectivity index (χ1n) is 10.1. The molecule has 2 aromatic heterocycles. The van der Waals surface area contributed by atoms with Crippen molar-refractivity contribution in [2.24, 2.45) is 0 Å². The highest BCUT2D eigenvalue weighted by molar-refractivity contribution is 6.03. The number of hydrogen-bond acceptors (Lipinski definition) is 6. The van der Waals surface area contributed by atoms with E-state index in [0.29, 0.717) is 5.56 Å². The number of benzene rings is 1. The van der Waals surface area contributed by atoms with Crippen LogP contribution >= 0.6 is 0 Å². The zero-order valence-corrected chi connectivity index (χ0v) is 17.4. The normalized spacial score (nSPS) is 22.7. The van der Waals surface area contributed by atoms with Crippen LogP contribution in [0.3, 0.4) is 0 Å². The van der Waals surface area contributed by atoms with E-state index in [1.165, 1.54) is 12.4 Å². The Balaban J connectivity index is 1.63. The van der Waals surface area contributed by atoms with Crippen molar-refractivity contribution in [3.05, 3.63) is 77.5 Å². The second-order valence-corrected chi connectivity index (χ2v) is 7.66. The number of hydrogen-bond donors (Lipinski definition) is 3. The standard InChI is InChI=1S/C23H20F3N3O4/c1-11-22(31)18(30)9-19(33-11)12-7-8-27-10-17(12)29-23(32)16-6-5-15(26)21(28-16)20-13(24)3-2-4-14(20)25/h2-8,10-11,18-19,22,30-31H,9H2,1H3,(H,29,32)/t11-,18-,19-,22-/m1/s1. The zero-order valence-electron chi connectivity index (χ0n) is 17.4. The van der Waals surface area contributed by atoms with Gasteiger partial charge in [-0.05, 0) is 37.3 Å². The van der Waals surface area contributed by atoms with Crippen LogP contribution in [0.25, 0.3) is 11.3 Å². The number of nitrogens with one attached hydrogen (secondary N) is 1. The maximum Gasteiger partial charge on any atom is 0.274 e. The average Bonchev–Trinajstić information content (AvgIpc) is 2.78. The van der Waals surface area contributed by atoms with Crippen molar-refractivity contribution in [3.8, 4) is 11.3 Å². The van der Waals surface area contributed by atoms with Crippen molar-refractivity contribution in [1.82, 2.24) is 9.97 Å². The summed E-state index contributed by atoms with van der Waals surface area (Å²) in [5, 5.41) is 22.6. The monoisotopic (exact) mass is 459 g/mol. The highest BCUT2D eigenvalue weighted by Gasteiger charge is 2.35. The fourth-order valence-electron chi connectivity index (χ4n) is 3.71. The molecule has 3 aromatic rings. The highest BCUT2D eigenvalue weighted by atomic mass is 19.1. The highest BCUT2D eigenvalue weighted by Crippen LogP contribution is 2.35. The van der Waals surface area contributed by atoms with Crippen LogP contribution in [0.2, 0.25) is 0 Å². The lowest BCUT2D eigenvalue weighted by atomic mass is 9.94. The van der Waals surface area contributed by atoms with E-state index in [1.54, 1.807) is 13.0 Å². The molecular formula is C23H20F3N3O4. The van der Waals surface area contributed by atoms with Crippen LogP contribution in [0, 0.1) is 17.5 Å². The quantitative estimate of drug-likeness (QED) is 0.553. The summed E-state index contributed by atoms with van der Waals surface area (Å²) in [6.45, 7) is 1.62. The fourth-order valence-corrected chi connectivity index (χ4v) is 3.71. The number of rotatable bonds is 4. The van der Waals surface area contributed by atoms with Gasteiger partial charge in [-0.2, -0.15) is 0 Å². The predicted molar refractivity (Wildman–Crippen MR) is 112 cm³/mol. The molecule has 0 spiro atoms. The molecule has 3 N–H and O–H groups in total. The number of aromatic nitrogens is 2. The van der Waals surface area contributed by atoms with Gasteiger partial charge in [0.15, 0.2) is 0 Å². The van der Waals surface area contributed by atoms with Gasteiger partial charge in [0.25, 0.3) is 5.91 Å². The Bertz CT molecular complexity index is 1160. The maximum absolute atomic E-state index is 14.3. The number of anilines is 1. The molecule has 7 nitrogen and oxygen atoms in total. The van der Waals surface area contributed by atoms with E-state index in [9.17, 15) is 28.2 Å². The van der Waals surface area contributed by atoms with Gasteiger partial charge >= 0.3 is 0 Å². The van der Waals surface area contributed by atoms with Crippen molar-refractivity contribution in [3.63, 3.8) is 0 Å². The lowest BCUT2D eigenvalue weighted by Gasteiger charge is -2.36. The number of pyridine rings is 2. The fraction of sp³-hybridized carbons (Fsp3) is 0.261. The number of ether oxygens (including phenoxy) is 1. The maximum atomic E-state index is 14.3. The second-order valence-electron chi connectivity index (χ2n) is 7.66. The van der Waals surface area contributed by atoms with Crippen molar-refractivity contribution in [2.45, 2.75) is 37.8 Å². The Kier molecular flexibility index (Phi) is 6.41. The number of carbonyl (C=O) groups excluding carboxylic acids is 1. The molecule has 0 saturated carbocycles. The topological polar surface area (TPSA) is 105 Å². The number of aliphatic hydroxyl groups excluding tert-OH is 2. The van der Waals surface area contributed by atoms with E-state index in [0.717, 1.165) is 30.3 Å². The average molecular weight is 459 g/mol. The molecule has 0 radical (unpaired) electrons. The molecule has 10 heteroatoms. The molecule has 1 aliphatic heterocycles. The molecule has 1 saturated heterocycles. The summed E-state index contributed by atoms with van der Waals surface area (Å²) in [6.07, 6.45) is -0.419. The van der Waals surface area contributed by atoms with Crippen LogP contribution in [0.15, 0.2) is 48.8 Å². The van der Waals surface area contributed by atoms with E-state index in [1.807, 2.05) is 0 Å². The molecule has 1 fully saturated rings. The summed E-state index contributed by atoms with van der Waals surface area (Å²) in [6, 6.07) is 6.64. The van der Waals surface area contributed by atoms with Gasteiger partial charge in [0.1, 0.15) is 34.9 Å². The molecular weight excluding hydrogens is 439 g/mol. The van der Waals surface area contributed by atoms with Crippen LogP contribution in [-0.2, 0) is 4.74 Å². The van der Waals surface area contributed by atoms with Crippen LogP contribution in [0.4, 0.5) is 18.9 Å². The summed E-state index contributed by atoms with van der Waals surface area (Å²) < 4.78 is 48.4. The molecule has 0 aliphatic carbocycles. The summed E-state index contributed by atoms with van der Waals surface area (Å²) >= 11 is 0. The number of nitrogens with zero attached hydrogens (tertiary/aromatic N) is 2. The SMILES string of the molecule is C[C@H]1O[C@@H](c2ccncc2NC(=O)c2ccc(F)c(-c3c(F)cccc3F)n2)C[C@@H](O)[C@@H]1O. The first-order chi connectivity index (χ1) is 15.8. The third kappa shape index (κ3) is 4.58. The molecule has 172 valence electrons.